The average molecular weight is 389 g/mol. The third-order valence-corrected chi connectivity index (χ3v) is 6.46. The summed E-state index contributed by atoms with van der Waals surface area (Å²) in [6.07, 6.45) is 11.1. The van der Waals surface area contributed by atoms with E-state index < -0.39 is 0 Å². The second-order valence-corrected chi connectivity index (χ2v) is 8.50. The molecule has 3 aromatic rings. The van der Waals surface area contributed by atoms with Gasteiger partial charge in [0.2, 0.25) is 5.91 Å². The number of hydrogen-bond acceptors (Lipinski definition) is 2. The van der Waals surface area contributed by atoms with E-state index in [4.69, 9.17) is 5.10 Å². The second kappa shape index (κ2) is 7.54. The first-order valence-corrected chi connectivity index (χ1v) is 10.8. The third kappa shape index (κ3) is 3.39. The van der Waals surface area contributed by atoms with Gasteiger partial charge in [0.25, 0.3) is 0 Å². The van der Waals surface area contributed by atoms with Gasteiger partial charge >= 0.3 is 0 Å². The van der Waals surface area contributed by atoms with Crippen LogP contribution in [0.2, 0.25) is 0 Å². The van der Waals surface area contributed by atoms with Crippen molar-refractivity contribution in [2.24, 2.45) is 5.92 Å². The Morgan fingerprint density at radius 2 is 1.79 bits per heavy atom. The molecule has 0 N–H and O–H groups in total. The quantitative estimate of drug-likeness (QED) is 0.645. The largest absolute Gasteiger partial charge is 0.332 e. The SMILES string of the molecule is Cc1ccccc1-n1nc2c(c1-n1cccc1)CN(C(=O)CC1CCCCC1)C2. The first-order valence-electron chi connectivity index (χ1n) is 10.8. The Kier molecular flexibility index (Phi) is 4.74. The molecular weight excluding hydrogens is 360 g/mol. The fraction of sp³-hybridized carbons (Fsp3) is 0.417. The van der Waals surface area contributed by atoms with Crippen LogP contribution in [0.5, 0.6) is 0 Å². The van der Waals surface area contributed by atoms with Gasteiger partial charge in [-0.2, -0.15) is 5.10 Å². The van der Waals surface area contributed by atoms with Gasteiger partial charge in [0.15, 0.2) is 0 Å². The normalized spacial score (nSPS) is 16.9. The van der Waals surface area contributed by atoms with E-state index in [0.29, 0.717) is 25.4 Å². The van der Waals surface area contributed by atoms with Gasteiger partial charge in [-0.3, -0.25) is 4.79 Å². The second-order valence-electron chi connectivity index (χ2n) is 8.50. The van der Waals surface area contributed by atoms with Crippen molar-refractivity contribution >= 4 is 5.91 Å². The van der Waals surface area contributed by atoms with E-state index in [1.807, 2.05) is 21.7 Å². The van der Waals surface area contributed by atoms with Crippen LogP contribution in [0.25, 0.3) is 11.5 Å². The van der Waals surface area contributed by atoms with Gasteiger partial charge in [-0.1, -0.05) is 37.5 Å². The van der Waals surface area contributed by atoms with Gasteiger partial charge in [-0.05, 0) is 49.4 Å². The summed E-state index contributed by atoms with van der Waals surface area (Å²) in [7, 11) is 0. The third-order valence-electron chi connectivity index (χ3n) is 6.46. The number of aryl methyl sites for hydroxylation is 1. The molecule has 1 saturated carbocycles. The van der Waals surface area contributed by atoms with Crippen LogP contribution >= 0.6 is 0 Å². The molecule has 1 fully saturated rings. The number of amides is 1. The van der Waals surface area contributed by atoms with Crippen molar-refractivity contribution in [3.05, 3.63) is 65.6 Å². The minimum absolute atomic E-state index is 0.288. The summed E-state index contributed by atoms with van der Waals surface area (Å²) in [5.41, 5.74) is 4.47. The first-order chi connectivity index (χ1) is 14.2. The predicted molar refractivity (Wildman–Crippen MR) is 113 cm³/mol. The Morgan fingerprint density at radius 1 is 1.03 bits per heavy atom. The number of nitrogens with zero attached hydrogens (tertiary/aromatic N) is 4. The fourth-order valence-electron chi connectivity index (χ4n) is 4.86. The van der Waals surface area contributed by atoms with Gasteiger partial charge in [0.1, 0.15) is 5.82 Å². The van der Waals surface area contributed by atoms with Crippen LogP contribution < -0.4 is 0 Å². The molecule has 0 spiro atoms. The molecular formula is C24H28N4O. The summed E-state index contributed by atoms with van der Waals surface area (Å²) in [5.74, 6) is 1.91. The number of carbonyl (C=O) groups excluding carboxylic acids is 1. The molecule has 5 nitrogen and oxygen atoms in total. The molecule has 150 valence electrons. The van der Waals surface area contributed by atoms with Gasteiger partial charge in [0, 0.05) is 24.4 Å². The Balaban J connectivity index is 1.45. The molecule has 2 aromatic heterocycles. The van der Waals surface area contributed by atoms with Crippen LogP contribution in [-0.4, -0.2) is 25.2 Å². The van der Waals surface area contributed by atoms with Crippen molar-refractivity contribution in [2.75, 3.05) is 0 Å². The Hall–Kier alpha value is -2.82. The molecule has 1 amide bonds. The van der Waals surface area contributed by atoms with Crippen LogP contribution in [0.15, 0.2) is 48.8 Å². The van der Waals surface area contributed by atoms with Crippen molar-refractivity contribution in [3.63, 3.8) is 0 Å². The Morgan fingerprint density at radius 3 is 2.55 bits per heavy atom. The van der Waals surface area contributed by atoms with Crippen LogP contribution in [0, 0.1) is 12.8 Å². The topological polar surface area (TPSA) is 43.1 Å². The van der Waals surface area contributed by atoms with Gasteiger partial charge in [-0.15, -0.1) is 0 Å². The molecule has 0 saturated heterocycles. The predicted octanol–water partition coefficient (Wildman–Crippen LogP) is 4.78. The molecule has 0 unspecified atom stereocenters. The van der Waals surface area contributed by atoms with Crippen molar-refractivity contribution in [1.82, 2.24) is 19.2 Å². The van der Waals surface area contributed by atoms with Crippen LogP contribution in [-0.2, 0) is 17.9 Å². The summed E-state index contributed by atoms with van der Waals surface area (Å²) in [4.78, 5) is 15.0. The maximum atomic E-state index is 13.0. The molecule has 29 heavy (non-hydrogen) atoms. The molecule has 1 aromatic carbocycles. The molecule has 0 bridgehead atoms. The van der Waals surface area contributed by atoms with E-state index in [-0.39, 0.29) is 5.91 Å². The maximum absolute atomic E-state index is 13.0. The van der Waals surface area contributed by atoms with Gasteiger partial charge in [0.05, 0.1) is 24.5 Å². The van der Waals surface area contributed by atoms with E-state index >= 15 is 0 Å². The molecule has 1 aliphatic heterocycles. The monoisotopic (exact) mass is 388 g/mol. The minimum Gasteiger partial charge on any atom is -0.332 e. The maximum Gasteiger partial charge on any atom is 0.223 e. The summed E-state index contributed by atoms with van der Waals surface area (Å²) < 4.78 is 4.16. The highest BCUT2D eigenvalue weighted by Crippen LogP contribution is 2.33. The van der Waals surface area contributed by atoms with Crippen LogP contribution in [0.1, 0.15) is 55.3 Å². The zero-order valence-electron chi connectivity index (χ0n) is 17.1. The number of rotatable bonds is 4. The van der Waals surface area contributed by atoms with E-state index in [1.54, 1.807) is 0 Å². The minimum atomic E-state index is 0.288. The highest BCUT2D eigenvalue weighted by atomic mass is 16.2. The molecule has 3 heterocycles. The smallest absolute Gasteiger partial charge is 0.223 e. The zero-order chi connectivity index (χ0) is 19.8. The summed E-state index contributed by atoms with van der Waals surface area (Å²) in [6.45, 7) is 3.38. The zero-order valence-corrected chi connectivity index (χ0v) is 17.1. The number of aromatic nitrogens is 3. The van der Waals surface area contributed by atoms with E-state index in [9.17, 15) is 4.79 Å². The molecule has 0 radical (unpaired) electrons. The number of fused-ring (bicyclic) bond motifs is 1. The van der Waals surface area contributed by atoms with Crippen molar-refractivity contribution < 1.29 is 4.79 Å². The standard InChI is InChI=1S/C24H28N4O/c1-18-9-5-6-12-22(18)28-24(26-13-7-8-14-26)20-16-27(17-21(20)25-28)23(29)15-19-10-3-2-4-11-19/h5-9,12-14,19H,2-4,10-11,15-17H2,1H3. The Bertz CT molecular complexity index is 1010. The lowest BCUT2D eigenvalue weighted by Crippen LogP contribution is -2.28. The summed E-state index contributed by atoms with van der Waals surface area (Å²) in [6, 6.07) is 12.4. The molecule has 5 heteroatoms. The van der Waals surface area contributed by atoms with E-state index in [1.165, 1.54) is 43.2 Å². The average Bonchev–Trinajstić information content (AvgIpc) is 3.45. The Labute approximate surface area is 171 Å². The van der Waals surface area contributed by atoms with Crippen molar-refractivity contribution in [1.29, 1.82) is 0 Å². The number of benzene rings is 1. The van der Waals surface area contributed by atoms with Crippen LogP contribution in [0.3, 0.4) is 0 Å². The molecule has 5 rings (SSSR count). The lowest BCUT2D eigenvalue weighted by atomic mass is 9.87. The highest BCUT2D eigenvalue weighted by Gasteiger charge is 2.32. The van der Waals surface area contributed by atoms with Gasteiger partial charge in [-0.25, -0.2) is 4.68 Å². The number of hydrogen-bond donors (Lipinski definition) is 0. The molecule has 1 aliphatic carbocycles. The lowest BCUT2D eigenvalue weighted by molar-refractivity contribution is -0.133. The first kappa shape index (κ1) is 18.2. The van der Waals surface area contributed by atoms with Crippen molar-refractivity contribution in [2.45, 2.75) is 58.5 Å². The molecule has 0 atom stereocenters. The van der Waals surface area contributed by atoms with Crippen molar-refractivity contribution in [3.8, 4) is 11.5 Å². The fourth-order valence-corrected chi connectivity index (χ4v) is 4.86. The summed E-state index contributed by atoms with van der Waals surface area (Å²) >= 11 is 0. The van der Waals surface area contributed by atoms with Crippen LogP contribution in [0.4, 0.5) is 0 Å². The number of para-hydroxylation sites is 1. The van der Waals surface area contributed by atoms with Gasteiger partial charge < -0.3 is 9.47 Å². The highest BCUT2D eigenvalue weighted by molar-refractivity contribution is 5.77. The number of carbonyl (C=O) groups is 1. The lowest BCUT2D eigenvalue weighted by Gasteiger charge is -2.24. The van der Waals surface area contributed by atoms with E-state index in [2.05, 4.69) is 48.1 Å². The van der Waals surface area contributed by atoms with E-state index in [0.717, 1.165) is 17.2 Å². The summed E-state index contributed by atoms with van der Waals surface area (Å²) in [5, 5.41) is 4.96. The molecule has 2 aliphatic rings.